The molecule has 2 aromatic heterocycles. The summed E-state index contributed by atoms with van der Waals surface area (Å²) in [4.78, 5) is 6.46. The largest absolute Gasteiger partial charge is 0.351 e. The summed E-state index contributed by atoms with van der Waals surface area (Å²) in [6.07, 6.45) is 2.77. The monoisotopic (exact) mass is 284 g/mol. The molecule has 110 valence electrons. The minimum absolute atomic E-state index is 0.574. The van der Waals surface area contributed by atoms with Crippen LogP contribution in [0.25, 0.3) is 0 Å². The molecule has 0 unspecified atom stereocenters. The van der Waals surface area contributed by atoms with E-state index in [2.05, 4.69) is 28.2 Å². The van der Waals surface area contributed by atoms with E-state index in [-0.39, 0.29) is 0 Å². The fourth-order valence-corrected chi connectivity index (χ4v) is 2.35. The second-order valence-corrected chi connectivity index (χ2v) is 5.19. The molecular weight excluding hydrogens is 264 g/mol. The lowest BCUT2D eigenvalue weighted by molar-refractivity contribution is 0.630. The Balaban J connectivity index is 2.30. The number of aryl methyl sites for hydroxylation is 3. The predicted octanol–water partition coefficient (Wildman–Crippen LogP) is 2.21. The Morgan fingerprint density at radius 1 is 1.38 bits per heavy atom. The Bertz CT molecular complexity index is 667. The van der Waals surface area contributed by atoms with Gasteiger partial charge < -0.3 is 9.47 Å². The van der Waals surface area contributed by atoms with Crippen molar-refractivity contribution in [2.24, 2.45) is 0 Å². The Morgan fingerprint density at radius 2 is 2.14 bits per heavy atom. The van der Waals surface area contributed by atoms with Crippen LogP contribution in [0.1, 0.15) is 36.0 Å². The van der Waals surface area contributed by atoms with Gasteiger partial charge in [-0.1, -0.05) is 6.92 Å². The van der Waals surface area contributed by atoms with Gasteiger partial charge in [-0.3, -0.25) is 0 Å². The highest BCUT2D eigenvalue weighted by Crippen LogP contribution is 2.21. The van der Waals surface area contributed by atoms with E-state index in [0.29, 0.717) is 17.9 Å². The molecule has 21 heavy (non-hydrogen) atoms. The van der Waals surface area contributed by atoms with Crippen molar-refractivity contribution in [1.29, 1.82) is 5.26 Å². The number of hydrogen-bond acceptors (Lipinski definition) is 5. The average Bonchev–Trinajstić information content (AvgIpc) is 2.85. The summed E-state index contributed by atoms with van der Waals surface area (Å²) < 4.78 is 2.03. The standard InChI is InChI=1S/C15H20N6/c1-5-6-21-10-17-19-14(21)9-20(4)15-13(8-16)11(2)7-12(3)18-15/h7,10H,5-6,9H2,1-4H3. The van der Waals surface area contributed by atoms with Crippen molar-refractivity contribution >= 4 is 5.82 Å². The van der Waals surface area contributed by atoms with E-state index in [1.165, 1.54) is 0 Å². The van der Waals surface area contributed by atoms with Gasteiger partial charge in [0, 0.05) is 19.3 Å². The van der Waals surface area contributed by atoms with Gasteiger partial charge >= 0.3 is 0 Å². The topological polar surface area (TPSA) is 70.6 Å². The zero-order valence-corrected chi connectivity index (χ0v) is 13.0. The number of anilines is 1. The second-order valence-electron chi connectivity index (χ2n) is 5.19. The van der Waals surface area contributed by atoms with E-state index in [0.717, 1.165) is 30.0 Å². The maximum Gasteiger partial charge on any atom is 0.152 e. The van der Waals surface area contributed by atoms with Crippen LogP contribution in [0.15, 0.2) is 12.4 Å². The fourth-order valence-electron chi connectivity index (χ4n) is 2.35. The summed E-state index contributed by atoms with van der Waals surface area (Å²) in [6, 6.07) is 4.17. The SMILES string of the molecule is CCCn1cnnc1CN(C)c1nc(C)cc(C)c1C#N. The quantitative estimate of drug-likeness (QED) is 0.841. The molecule has 2 rings (SSSR count). The van der Waals surface area contributed by atoms with Crippen LogP contribution >= 0.6 is 0 Å². The third kappa shape index (κ3) is 3.19. The molecule has 0 atom stereocenters. The van der Waals surface area contributed by atoms with Crippen molar-refractivity contribution in [2.75, 3.05) is 11.9 Å². The smallest absolute Gasteiger partial charge is 0.152 e. The maximum atomic E-state index is 9.35. The molecule has 6 nitrogen and oxygen atoms in total. The zero-order valence-electron chi connectivity index (χ0n) is 13.0. The molecule has 0 spiro atoms. The van der Waals surface area contributed by atoms with Crippen molar-refractivity contribution in [3.05, 3.63) is 35.0 Å². The Hall–Kier alpha value is -2.42. The van der Waals surface area contributed by atoms with Gasteiger partial charge in [-0.15, -0.1) is 10.2 Å². The molecule has 0 amide bonds. The summed E-state index contributed by atoms with van der Waals surface area (Å²) in [5.41, 5.74) is 2.47. The van der Waals surface area contributed by atoms with Crippen molar-refractivity contribution < 1.29 is 0 Å². The first-order valence-corrected chi connectivity index (χ1v) is 7.03. The highest BCUT2D eigenvalue weighted by atomic mass is 15.3. The molecule has 2 aromatic rings. The molecule has 2 heterocycles. The van der Waals surface area contributed by atoms with Gasteiger partial charge in [0.2, 0.25) is 0 Å². The average molecular weight is 284 g/mol. The van der Waals surface area contributed by atoms with E-state index in [4.69, 9.17) is 0 Å². The third-order valence-electron chi connectivity index (χ3n) is 3.34. The molecule has 0 bridgehead atoms. The van der Waals surface area contributed by atoms with Crippen molar-refractivity contribution in [3.8, 4) is 6.07 Å². The summed E-state index contributed by atoms with van der Waals surface area (Å²) in [5, 5.41) is 17.5. The summed E-state index contributed by atoms with van der Waals surface area (Å²) in [6.45, 7) is 7.45. The molecular formula is C15H20N6. The minimum Gasteiger partial charge on any atom is -0.351 e. The van der Waals surface area contributed by atoms with Crippen LogP contribution in [0.4, 0.5) is 5.82 Å². The zero-order chi connectivity index (χ0) is 15.4. The van der Waals surface area contributed by atoms with Crippen LogP contribution in [-0.2, 0) is 13.1 Å². The molecule has 0 N–H and O–H groups in total. The second kappa shape index (κ2) is 6.35. The number of nitrogens with zero attached hydrogens (tertiary/aromatic N) is 6. The van der Waals surface area contributed by atoms with Crippen LogP contribution in [0.3, 0.4) is 0 Å². The molecule has 0 radical (unpaired) electrons. The predicted molar refractivity (Wildman–Crippen MR) is 80.8 cm³/mol. The molecule has 0 aliphatic rings. The molecule has 0 saturated carbocycles. The van der Waals surface area contributed by atoms with Gasteiger partial charge in [0.15, 0.2) is 5.82 Å². The first-order chi connectivity index (χ1) is 10.1. The highest BCUT2D eigenvalue weighted by molar-refractivity contribution is 5.57. The van der Waals surface area contributed by atoms with E-state index >= 15 is 0 Å². The molecule has 6 heteroatoms. The lowest BCUT2D eigenvalue weighted by Crippen LogP contribution is -2.22. The van der Waals surface area contributed by atoms with E-state index in [9.17, 15) is 5.26 Å². The van der Waals surface area contributed by atoms with Crippen molar-refractivity contribution in [2.45, 2.75) is 40.3 Å². The molecule has 0 aromatic carbocycles. The van der Waals surface area contributed by atoms with Crippen LogP contribution in [-0.4, -0.2) is 26.8 Å². The van der Waals surface area contributed by atoms with Crippen LogP contribution in [0, 0.1) is 25.2 Å². The molecule has 0 aliphatic heterocycles. The van der Waals surface area contributed by atoms with Crippen molar-refractivity contribution in [3.63, 3.8) is 0 Å². The van der Waals surface area contributed by atoms with Crippen LogP contribution in [0.5, 0.6) is 0 Å². The Morgan fingerprint density at radius 3 is 2.81 bits per heavy atom. The van der Waals surface area contributed by atoms with Gasteiger partial charge in [0.1, 0.15) is 18.2 Å². The van der Waals surface area contributed by atoms with Gasteiger partial charge in [-0.25, -0.2) is 4.98 Å². The Kier molecular flexibility index (Phi) is 4.53. The molecule has 0 aliphatic carbocycles. The number of rotatable bonds is 5. The van der Waals surface area contributed by atoms with Crippen LogP contribution in [0.2, 0.25) is 0 Å². The Labute approximate surface area is 125 Å². The molecule has 0 saturated heterocycles. The van der Waals surface area contributed by atoms with E-state index in [1.54, 1.807) is 6.33 Å². The first-order valence-electron chi connectivity index (χ1n) is 7.03. The minimum atomic E-state index is 0.574. The lowest BCUT2D eigenvalue weighted by Gasteiger charge is -2.20. The fraction of sp³-hybridized carbons (Fsp3) is 0.467. The number of aromatic nitrogens is 4. The lowest BCUT2D eigenvalue weighted by atomic mass is 10.1. The van der Waals surface area contributed by atoms with Gasteiger partial charge in [-0.05, 0) is 31.9 Å². The van der Waals surface area contributed by atoms with Gasteiger partial charge in [-0.2, -0.15) is 5.26 Å². The summed E-state index contributed by atoms with van der Waals surface area (Å²) in [5.74, 6) is 1.57. The number of pyridine rings is 1. The normalized spacial score (nSPS) is 10.4. The van der Waals surface area contributed by atoms with E-state index < -0.39 is 0 Å². The maximum absolute atomic E-state index is 9.35. The van der Waals surface area contributed by atoms with Crippen molar-refractivity contribution in [1.82, 2.24) is 19.7 Å². The third-order valence-corrected chi connectivity index (χ3v) is 3.34. The first kappa shape index (κ1) is 15.0. The number of hydrogen-bond donors (Lipinski definition) is 0. The highest BCUT2D eigenvalue weighted by Gasteiger charge is 2.15. The molecule has 0 fully saturated rings. The summed E-state index contributed by atoms with van der Waals surface area (Å²) in [7, 11) is 1.92. The van der Waals surface area contributed by atoms with Gasteiger partial charge in [0.25, 0.3) is 0 Å². The van der Waals surface area contributed by atoms with Crippen LogP contribution < -0.4 is 4.90 Å². The van der Waals surface area contributed by atoms with Gasteiger partial charge in [0.05, 0.1) is 12.1 Å². The van der Waals surface area contributed by atoms with E-state index in [1.807, 2.05) is 36.4 Å². The number of nitriles is 1. The summed E-state index contributed by atoms with van der Waals surface area (Å²) >= 11 is 0.